The number of hydrogen-bond acceptors (Lipinski definition) is 3. The summed E-state index contributed by atoms with van der Waals surface area (Å²) in [6.45, 7) is 2.73. The molecule has 6 heteroatoms. The summed E-state index contributed by atoms with van der Waals surface area (Å²) in [6.07, 6.45) is 9.31. The molecule has 1 aliphatic heterocycles. The van der Waals surface area contributed by atoms with Crippen LogP contribution >= 0.6 is 0 Å². The van der Waals surface area contributed by atoms with E-state index in [0.29, 0.717) is 12.5 Å². The Morgan fingerprint density at radius 1 is 1.26 bits per heavy atom. The molecule has 4 rings (SSSR count). The maximum Gasteiger partial charge on any atom is 0.270 e. The topological polar surface area (TPSA) is 68.4 Å². The zero-order valence-electron chi connectivity index (χ0n) is 15.9. The maximum absolute atomic E-state index is 12.8. The summed E-state index contributed by atoms with van der Waals surface area (Å²) in [5.74, 6) is 0.492. The van der Waals surface area contributed by atoms with E-state index in [4.69, 9.17) is 0 Å². The number of amides is 1. The van der Waals surface area contributed by atoms with Crippen molar-refractivity contribution in [2.45, 2.75) is 45.1 Å². The summed E-state index contributed by atoms with van der Waals surface area (Å²) in [5, 5.41) is 12.1. The van der Waals surface area contributed by atoms with Crippen molar-refractivity contribution in [2.75, 3.05) is 6.54 Å². The molecule has 1 unspecified atom stereocenters. The van der Waals surface area contributed by atoms with Crippen molar-refractivity contribution in [3.63, 3.8) is 0 Å². The predicted octanol–water partition coefficient (Wildman–Crippen LogP) is 4.28. The molecule has 0 radical (unpaired) electrons. The number of carbonyl (C=O) groups excluding carboxylic acids is 1. The fourth-order valence-corrected chi connectivity index (χ4v) is 4.58. The lowest BCUT2D eigenvalue weighted by Gasteiger charge is -2.35. The number of fused-ring (bicyclic) bond motifs is 1. The third kappa shape index (κ3) is 3.13. The van der Waals surface area contributed by atoms with E-state index < -0.39 is 0 Å². The molecule has 1 aliphatic carbocycles. The lowest BCUT2D eigenvalue weighted by atomic mass is 9.93. The van der Waals surface area contributed by atoms with Crippen molar-refractivity contribution in [1.29, 1.82) is 0 Å². The van der Waals surface area contributed by atoms with Gasteiger partial charge in [-0.2, -0.15) is 0 Å². The fourth-order valence-electron chi connectivity index (χ4n) is 4.58. The van der Waals surface area contributed by atoms with Crippen LogP contribution in [-0.4, -0.2) is 32.9 Å². The van der Waals surface area contributed by atoms with Crippen molar-refractivity contribution in [1.82, 2.24) is 9.47 Å². The third-order valence-electron chi connectivity index (χ3n) is 6.10. The Labute approximate surface area is 158 Å². The van der Waals surface area contributed by atoms with Gasteiger partial charge in [0.1, 0.15) is 0 Å². The molecule has 1 amide bonds. The number of aryl methyl sites for hydroxylation is 1. The molecule has 27 heavy (non-hydrogen) atoms. The SMILES string of the molecule is CC1CC(c2cn(C)c3ccc([N+](=O)[O-])cc23)=CCN1C(=O)C1CCCC1. The molecular formula is C21H25N3O3. The van der Waals surface area contributed by atoms with Crippen molar-refractivity contribution >= 4 is 28.1 Å². The Bertz CT molecular complexity index is 938. The quantitative estimate of drug-likeness (QED) is 0.600. The Morgan fingerprint density at radius 3 is 2.67 bits per heavy atom. The van der Waals surface area contributed by atoms with Gasteiger partial charge >= 0.3 is 0 Å². The summed E-state index contributed by atoms with van der Waals surface area (Å²) < 4.78 is 2.01. The lowest BCUT2D eigenvalue weighted by molar-refractivity contribution is -0.384. The van der Waals surface area contributed by atoms with Gasteiger partial charge < -0.3 is 9.47 Å². The molecule has 2 aromatic rings. The summed E-state index contributed by atoms with van der Waals surface area (Å²) in [7, 11) is 1.96. The minimum Gasteiger partial charge on any atom is -0.350 e. The minimum absolute atomic E-state index is 0.109. The molecule has 0 saturated heterocycles. The monoisotopic (exact) mass is 367 g/mol. The first-order valence-corrected chi connectivity index (χ1v) is 9.69. The molecular weight excluding hydrogens is 342 g/mol. The highest BCUT2D eigenvalue weighted by molar-refractivity contribution is 5.95. The van der Waals surface area contributed by atoms with Crippen LogP contribution in [0.5, 0.6) is 0 Å². The number of nitro groups is 1. The first kappa shape index (κ1) is 17.8. The van der Waals surface area contributed by atoms with Crippen LogP contribution in [0, 0.1) is 16.0 Å². The summed E-state index contributed by atoms with van der Waals surface area (Å²) in [5.41, 5.74) is 3.30. The molecule has 1 saturated carbocycles. The number of aromatic nitrogens is 1. The molecule has 0 N–H and O–H groups in total. The molecule has 1 atom stereocenters. The van der Waals surface area contributed by atoms with Gasteiger partial charge in [-0.3, -0.25) is 14.9 Å². The van der Waals surface area contributed by atoms with Gasteiger partial charge in [0.25, 0.3) is 5.69 Å². The first-order valence-electron chi connectivity index (χ1n) is 9.69. The Balaban J connectivity index is 1.65. The molecule has 142 valence electrons. The number of nitrogens with zero attached hydrogens (tertiary/aromatic N) is 3. The number of hydrogen-bond donors (Lipinski definition) is 0. The second-order valence-electron chi connectivity index (χ2n) is 7.87. The molecule has 1 aromatic heterocycles. The van der Waals surface area contributed by atoms with Crippen molar-refractivity contribution in [3.8, 4) is 0 Å². The van der Waals surface area contributed by atoms with Crippen LogP contribution < -0.4 is 0 Å². The summed E-state index contributed by atoms with van der Waals surface area (Å²) in [4.78, 5) is 25.6. The Morgan fingerprint density at radius 2 is 2.00 bits per heavy atom. The van der Waals surface area contributed by atoms with Crippen LogP contribution in [-0.2, 0) is 11.8 Å². The first-order chi connectivity index (χ1) is 13.0. The second kappa shape index (κ2) is 6.83. The standard InChI is InChI=1S/C21H25N3O3/c1-14-11-16(9-10-23(14)21(25)15-5-3-4-6-15)19-13-22(2)20-8-7-17(24(26)27)12-18(19)20/h7-9,12-15H,3-6,10-11H2,1-2H3. The van der Waals surface area contributed by atoms with E-state index in [1.807, 2.05) is 22.7 Å². The average molecular weight is 367 g/mol. The van der Waals surface area contributed by atoms with Gasteiger partial charge in [-0.15, -0.1) is 0 Å². The van der Waals surface area contributed by atoms with Gasteiger partial charge in [0, 0.05) is 60.3 Å². The number of non-ortho nitro benzene ring substituents is 1. The number of benzene rings is 1. The number of rotatable bonds is 3. The van der Waals surface area contributed by atoms with E-state index in [0.717, 1.165) is 48.6 Å². The van der Waals surface area contributed by atoms with Gasteiger partial charge in [-0.1, -0.05) is 18.9 Å². The smallest absolute Gasteiger partial charge is 0.270 e. The van der Waals surface area contributed by atoms with Gasteiger partial charge in [0.05, 0.1) is 4.92 Å². The minimum atomic E-state index is -0.351. The van der Waals surface area contributed by atoms with Gasteiger partial charge in [-0.25, -0.2) is 0 Å². The van der Waals surface area contributed by atoms with Crippen LogP contribution in [0.2, 0.25) is 0 Å². The maximum atomic E-state index is 12.8. The normalized spacial score (nSPS) is 20.9. The van der Waals surface area contributed by atoms with Crippen molar-refractivity contribution < 1.29 is 9.72 Å². The van der Waals surface area contributed by atoms with E-state index in [1.54, 1.807) is 18.2 Å². The molecule has 0 bridgehead atoms. The van der Waals surface area contributed by atoms with E-state index in [9.17, 15) is 14.9 Å². The average Bonchev–Trinajstić information content (AvgIpc) is 3.29. The lowest BCUT2D eigenvalue weighted by Crippen LogP contribution is -2.43. The molecule has 1 aromatic carbocycles. The highest BCUT2D eigenvalue weighted by Gasteiger charge is 2.32. The van der Waals surface area contributed by atoms with Crippen LogP contribution in [0.1, 0.15) is 44.6 Å². The van der Waals surface area contributed by atoms with E-state index in [2.05, 4.69) is 13.0 Å². The van der Waals surface area contributed by atoms with E-state index >= 15 is 0 Å². The highest BCUT2D eigenvalue weighted by atomic mass is 16.6. The van der Waals surface area contributed by atoms with E-state index in [-0.39, 0.29) is 22.6 Å². The van der Waals surface area contributed by atoms with Crippen molar-refractivity contribution in [2.24, 2.45) is 13.0 Å². The van der Waals surface area contributed by atoms with Crippen LogP contribution in [0.3, 0.4) is 0 Å². The molecule has 1 fully saturated rings. The Hall–Kier alpha value is -2.63. The van der Waals surface area contributed by atoms with Gasteiger partial charge in [0.2, 0.25) is 5.91 Å². The highest BCUT2D eigenvalue weighted by Crippen LogP contribution is 2.35. The largest absolute Gasteiger partial charge is 0.350 e. The zero-order chi connectivity index (χ0) is 19.1. The second-order valence-corrected chi connectivity index (χ2v) is 7.87. The predicted molar refractivity (Wildman–Crippen MR) is 105 cm³/mol. The summed E-state index contributed by atoms with van der Waals surface area (Å²) >= 11 is 0. The number of nitro benzene ring substituents is 1. The fraction of sp³-hybridized carbons (Fsp3) is 0.476. The van der Waals surface area contributed by atoms with Gasteiger partial charge in [-0.05, 0) is 37.8 Å². The van der Waals surface area contributed by atoms with Gasteiger partial charge in [0.15, 0.2) is 0 Å². The zero-order valence-corrected chi connectivity index (χ0v) is 15.9. The Kier molecular flexibility index (Phi) is 4.50. The molecule has 0 spiro atoms. The molecule has 2 heterocycles. The number of carbonyl (C=O) groups is 1. The van der Waals surface area contributed by atoms with Crippen LogP contribution in [0.25, 0.3) is 16.5 Å². The molecule has 2 aliphatic rings. The van der Waals surface area contributed by atoms with Crippen LogP contribution in [0.15, 0.2) is 30.5 Å². The van der Waals surface area contributed by atoms with E-state index in [1.165, 1.54) is 5.57 Å². The van der Waals surface area contributed by atoms with Crippen LogP contribution in [0.4, 0.5) is 5.69 Å². The molecule has 6 nitrogen and oxygen atoms in total. The summed E-state index contributed by atoms with van der Waals surface area (Å²) in [6, 6.07) is 5.16. The third-order valence-corrected chi connectivity index (χ3v) is 6.10. The van der Waals surface area contributed by atoms with Crippen molar-refractivity contribution in [3.05, 3.63) is 46.1 Å².